The van der Waals surface area contributed by atoms with Crippen LogP contribution in [0, 0.1) is 0 Å². The van der Waals surface area contributed by atoms with Crippen molar-refractivity contribution in [3.05, 3.63) is 0 Å². The van der Waals surface area contributed by atoms with Crippen molar-refractivity contribution in [2.45, 2.75) is 13.0 Å². The molecule has 0 aromatic carbocycles. The maximum atomic E-state index is 11.0. The first-order valence-electron chi connectivity index (χ1n) is 3.86. The first kappa shape index (κ1) is 8.49. The second kappa shape index (κ2) is 3.69. The average molecular weight is 158 g/mol. The van der Waals surface area contributed by atoms with Crippen molar-refractivity contribution in [2.75, 3.05) is 26.2 Å². The quantitative estimate of drug-likeness (QED) is 0.504. The summed E-state index contributed by atoms with van der Waals surface area (Å²) in [5, 5.41) is 11.8. The van der Waals surface area contributed by atoms with Gasteiger partial charge < -0.3 is 15.3 Å². The highest BCUT2D eigenvalue weighted by Crippen LogP contribution is 1.97. The molecular weight excluding hydrogens is 144 g/mol. The molecule has 1 rings (SSSR count). The molecule has 0 aromatic rings. The summed E-state index contributed by atoms with van der Waals surface area (Å²) in [5.74, 6) is -0.168. The number of carbonyl (C=O) groups is 1. The van der Waals surface area contributed by atoms with E-state index in [1.807, 2.05) is 6.92 Å². The van der Waals surface area contributed by atoms with Crippen LogP contribution < -0.4 is 5.32 Å². The van der Waals surface area contributed by atoms with E-state index in [1.165, 1.54) is 0 Å². The molecule has 1 saturated heterocycles. The van der Waals surface area contributed by atoms with Gasteiger partial charge in [0, 0.05) is 25.7 Å². The van der Waals surface area contributed by atoms with Gasteiger partial charge in [-0.25, -0.2) is 0 Å². The van der Waals surface area contributed by atoms with Crippen LogP contribution in [0.15, 0.2) is 0 Å². The predicted molar refractivity (Wildman–Crippen MR) is 41.1 cm³/mol. The van der Waals surface area contributed by atoms with E-state index in [2.05, 4.69) is 5.32 Å². The first-order valence-corrected chi connectivity index (χ1v) is 3.86. The number of hydrogen-bond donors (Lipinski definition) is 2. The Bertz CT molecular complexity index is 149. The van der Waals surface area contributed by atoms with Crippen LogP contribution >= 0.6 is 0 Å². The summed E-state index contributed by atoms with van der Waals surface area (Å²) < 4.78 is 0. The second-order valence-electron chi connectivity index (χ2n) is 2.85. The topological polar surface area (TPSA) is 52.6 Å². The Balaban J connectivity index is 2.39. The summed E-state index contributed by atoms with van der Waals surface area (Å²) in [6.45, 7) is 3.90. The summed E-state index contributed by atoms with van der Waals surface area (Å²) in [7, 11) is 0. The second-order valence-corrected chi connectivity index (χ2v) is 2.85. The minimum absolute atomic E-state index is 0.168. The van der Waals surface area contributed by atoms with E-state index in [0.29, 0.717) is 19.1 Å². The fourth-order valence-electron chi connectivity index (χ4n) is 1.26. The lowest BCUT2D eigenvalue weighted by Crippen LogP contribution is -2.52. The van der Waals surface area contributed by atoms with Gasteiger partial charge in [-0.05, 0) is 6.92 Å². The van der Waals surface area contributed by atoms with Gasteiger partial charge >= 0.3 is 0 Å². The lowest BCUT2D eigenvalue weighted by molar-refractivity contribution is -0.135. The van der Waals surface area contributed by atoms with E-state index in [-0.39, 0.29) is 12.5 Å². The zero-order valence-electron chi connectivity index (χ0n) is 6.71. The Hall–Kier alpha value is -0.610. The Morgan fingerprint density at radius 2 is 2.55 bits per heavy atom. The first-order chi connectivity index (χ1) is 5.24. The van der Waals surface area contributed by atoms with Crippen LogP contribution in [0.5, 0.6) is 0 Å². The third-order valence-electron chi connectivity index (χ3n) is 1.86. The van der Waals surface area contributed by atoms with Gasteiger partial charge in [-0.1, -0.05) is 0 Å². The van der Waals surface area contributed by atoms with Gasteiger partial charge in [-0.2, -0.15) is 0 Å². The highest BCUT2D eigenvalue weighted by Gasteiger charge is 2.18. The van der Waals surface area contributed by atoms with Crippen molar-refractivity contribution in [2.24, 2.45) is 0 Å². The van der Waals surface area contributed by atoms with Crippen LogP contribution in [-0.4, -0.2) is 48.2 Å². The smallest absolute Gasteiger partial charge is 0.248 e. The fourth-order valence-corrected chi connectivity index (χ4v) is 1.26. The standard InChI is InChI=1S/C7H14N2O2/c1-6-4-9(3-2-8-6)7(11)5-10/h6,8,10H,2-5H2,1H3/t6-/m1/s1. The van der Waals surface area contributed by atoms with Crippen molar-refractivity contribution in [1.29, 1.82) is 0 Å². The summed E-state index contributed by atoms with van der Waals surface area (Å²) in [4.78, 5) is 12.6. The van der Waals surface area contributed by atoms with Crippen molar-refractivity contribution < 1.29 is 9.90 Å². The number of rotatable bonds is 1. The number of aliphatic hydroxyl groups is 1. The van der Waals surface area contributed by atoms with Crippen molar-refractivity contribution in [1.82, 2.24) is 10.2 Å². The molecule has 0 aliphatic carbocycles. The molecule has 11 heavy (non-hydrogen) atoms. The minimum Gasteiger partial charge on any atom is -0.387 e. The Morgan fingerprint density at radius 1 is 1.82 bits per heavy atom. The SMILES string of the molecule is C[C@@H]1CN(C(=O)CO)CCN1. The molecule has 1 aliphatic rings. The van der Waals surface area contributed by atoms with E-state index in [9.17, 15) is 4.79 Å². The molecule has 4 heteroatoms. The zero-order valence-corrected chi connectivity index (χ0v) is 6.71. The number of piperazine rings is 1. The van der Waals surface area contributed by atoms with Gasteiger partial charge in [0.05, 0.1) is 0 Å². The predicted octanol–water partition coefficient (Wildman–Crippen LogP) is -1.20. The third kappa shape index (κ3) is 2.17. The number of aliphatic hydroxyl groups excluding tert-OH is 1. The van der Waals surface area contributed by atoms with E-state index < -0.39 is 0 Å². The molecule has 0 radical (unpaired) electrons. The molecule has 0 aromatic heterocycles. The van der Waals surface area contributed by atoms with Crippen LogP contribution in [0.2, 0.25) is 0 Å². The molecule has 4 nitrogen and oxygen atoms in total. The summed E-state index contributed by atoms with van der Waals surface area (Å²) in [6, 6.07) is 0.347. The van der Waals surface area contributed by atoms with Gasteiger partial charge in [0.2, 0.25) is 5.91 Å². The van der Waals surface area contributed by atoms with Gasteiger partial charge in [0.1, 0.15) is 6.61 Å². The Morgan fingerprint density at radius 3 is 3.09 bits per heavy atom. The summed E-state index contributed by atoms with van der Waals surface area (Å²) in [6.07, 6.45) is 0. The van der Waals surface area contributed by atoms with Crippen molar-refractivity contribution >= 4 is 5.91 Å². The molecule has 64 valence electrons. The molecule has 0 spiro atoms. The van der Waals surface area contributed by atoms with Gasteiger partial charge in [0.15, 0.2) is 0 Å². The van der Waals surface area contributed by atoms with Crippen molar-refractivity contribution in [3.63, 3.8) is 0 Å². The molecular formula is C7H14N2O2. The monoisotopic (exact) mass is 158 g/mol. The third-order valence-corrected chi connectivity index (χ3v) is 1.86. The Labute approximate surface area is 66.2 Å². The lowest BCUT2D eigenvalue weighted by Gasteiger charge is -2.31. The molecule has 1 amide bonds. The van der Waals surface area contributed by atoms with Crippen LogP contribution in [0.4, 0.5) is 0 Å². The van der Waals surface area contributed by atoms with Crippen LogP contribution in [0.25, 0.3) is 0 Å². The van der Waals surface area contributed by atoms with Crippen molar-refractivity contribution in [3.8, 4) is 0 Å². The molecule has 1 heterocycles. The molecule has 1 atom stereocenters. The fraction of sp³-hybridized carbons (Fsp3) is 0.857. The molecule has 0 bridgehead atoms. The van der Waals surface area contributed by atoms with Gasteiger partial charge in [-0.3, -0.25) is 4.79 Å². The normalized spacial score (nSPS) is 25.3. The molecule has 1 fully saturated rings. The van der Waals surface area contributed by atoms with E-state index in [1.54, 1.807) is 4.90 Å². The number of amides is 1. The molecule has 2 N–H and O–H groups in total. The largest absolute Gasteiger partial charge is 0.387 e. The number of carbonyl (C=O) groups excluding carboxylic acids is 1. The summed E-state index contributed by atoms with van der Waals surface area (Å²) in [5.41, 5.74) is 0. The van der Waals surface area contributed by atoms with Gasteiger partial charge in [0.25, 0.3) is 0 Å². The van der Waals surface area contributed by atoms with Crippen LogP contribution in [0.1, 0.15) is 6.92 Å². The van der Waals surface area contributed by atoms with E-state index in [0.717, 1.165) is 6.54 Å². The zero-order chi connectivity index (χ0) is 8.27. The van der Waals surface area contributed by atoms with Gasteiger partial charge in [-0.15, -0.1) is 0 Å². The summed E-state index contributed by atoms with van der Waals surface area (Å²) >= 11 is 0. The maximum Gasteiger partial charge on any atom is 0.248 e. The maximum absolute atomic E-state index is 11.0. The molecule has 0 saturated carbocycles. The minimum atomic E-state index is -0.368. The van der Waals surface area contributed by atoms with E-state index in [4.69, 9.17) is 5.11 Å². The van der Waals surface area contributed by atoms with Crippen LogP contribution in [0.3, 0.4) is 0 Å². The number of nitrogens with one attached hydrogen (secondary N) is 1. The average Bonchev–Trinajstić information content (AvgIpc) is 2.03. The number of nitrogens with zero attached hydrogens (tertiary/aromatic N) is 1. The highest BCUT2D eigenvalue weighted by molar-refractivity contribution is 5.77. The molecule has 0 unspecified atom stereocenters. The molecule has 1 aliphatic heterocycles. The number of hydrogen-bond acceptors (Lipinski definition) is 3. The Kier molecular flexibility index (Phi) is 2.84. The van der Waals surface area contributed by atoms with E-state index >= 15 is 0 Å². The van der Waals surface area contributed by atoms with Crippen LogP contribution in [-0.2, 0) is 4.79 Å². The lowest BCUT2D eigenvalue weighted by atomic mass is 10.2. The highest BCUT2D eigenvalue weighted by atomic mass is 16.3.